The van der Waals surface area contributed by atoms with Crippen molar-refractivity contribution in [1.29, 1.82) is 0 Å². The van der Waals surface area contributed by atoms with E-state index < -0.39 is 8.32 Å². The van der Waals surface area contributed by atoms with Crippen molar-refractivity contribution < 1.29 is 4.43 Å². The highest BCUT2D eigenvalue weighted by Crippen LogP contribution is 2.38. The summed E-state index contributed by atoms with van der Waals surface area (Å²) in [6.07, 6.45) is 3.93. The SMILES string of the molecule is CC(C)(C)[Si](O[C@@H]1CCCCNC1)(c1ccccc1)c1ccccc1.Cl. The van der Waals surface area contributed by atoms with Gasteiger partial charge in [-0.15, -0.1) is 12.4 Å². The standard InChI is InChI=1S/C22H31NOSi.ClH/c1-22(2,3)25(20-13-6-4-7-14-20,21-15-8-5-9-16-21)24-19-12-10-11-17-23-18-19;/h4-9,13-16,19,23H,10-12,17-18H2,1-3H3;1H/t19-;/m1./s1. The van der Waals surface area contributed by atoms with Crippen molar-refractivity contribution in [3.63, 3.8) is 0 Å². The highest BCUT2D eigenvalue weighted by Gasteiger charge is 2.51. The van der Waals surface area contributed by atoms with Gasteiger partial charge in [-0.2, -0.15) is 0 Å². The van der Waals surface area contributed by atoms with Crippen LogP contribution in [0.2, 0.25) is 5.04 Å². The summed E-state index contributed by atoms with van der Waals surface area (Å²) in [5.41, 5.74) is 0. The van der Waals surface area contributed by atoms with Gasteiger partial charge in [0.15, 0.2) is 0 Å². The second-order valence-electron chi connectivity index (χ2n) is 8.10. The number of rotatable bonds is 4. The average Bonchev–Trinajstić information content (AvgIpc) is 2.89. The number of nitrogens with one attached hydrogen (secondary N) is 1. The maximum absolute atomic E-state index is 7.17. The molecule has 1 fully saturated rings. The Bertz CT molecular complexity index is 609. The third kappa shape index (κ3) is 4.40. The number of hydrogen-bond donors (Lipinski definition) is 1. The molecule has 142 valence electrons. The molecule has 26 heavy (non-hydrogen) atoms. The summed E-state index contributed by atoms with van der Waals surface area (Å²) in [5.74, 6) is 0. The predicted molar refractivity (Wildman–Crippen MR) is 116 cm³/mol. The lowest BCUT2D eigenvalue weighted by molar-refractivity contribution is 0.180. The zero-order valence-electron chi connectivity index (χ0n) is 16.2. The van der Waals surface area contributed by atoms with Crippen LogP contribution in [0.15, 0.2) is 60.7 Å². The van der Waals surface area contributed by atoms with E-state index in [2.05, 4.69) is 86.8 Å². The summed E-state index contributed by atoms with van der Waals surface area (Å²) in [7, 11) is -2.40. The van der Waals surface area contributed by atoms with Crippen LogP contribution in [0.5, 0.6) is 0 Å². The third-order valence-corrected chi connectivity index (χ3v) is 10.4. The summed E-state index contributed by atoms with van der Waals surface area (Å²) in [4.78, 5) is 0. The smallest absolute Gasteiger partial charge is 0.261 e. The Morgan fingerprint density at radius 1 is 0.885 bits per heavy atom. The molecule has 1 N–H and O–H groups in total. The van der Waals surface area contributed by atoms with Gasteiger partial charge in [0.2, 0.25) is 0 Å². The second-order valence-corrected chi connectivity index (χ2v) is 12.4. The molecule has 0 bridgehead atoms. The molecule has 2 aromatic carbocycles. The van der Waals surface area contributed by atoms with Crippen molar-refractivity contribution in [3.05, 3.63) is 60.7 Å². The summed E-state index contributed by atoms with van der Waals surface area (Å²) in [6, 6.07) is 21.9. The molecule has 3 rings (SSSR count). The van der Waals surface area contributed by atoms with E-state index in [0.717, 1.165) is 19.5 Å². The van der Waals surface area contributed by atoms with E-state index in [0.29, 0.717) is 0 Å². The second kappa shape index (κ2) is 9.18. The summed E-state index contributed by atoms with van der Waals surface area (Å²) in [6.45, 7) is 9.13. The largest absolute Gasteiger partial charge is 0.403 e. The summed E-state index contributed by atoms with van der Waals surface area (Å²) in [5, 5.41) is 6.38. The van der Waals surface area contributed by atoms with Gasteiger partial charge >= 0.3 is 0 Å². The van der Waals surface area contributed by atoms with Crippen LogP contribution in [0.3, 0.4) is 0 Å². The molecule has 0 unspecified atom stereocenters. The minimum Gasteiger partial charge on any atom is -0.403 e. The molecule has 1 heterocycles. The predicted octanol–water partition coefficient (Wildman–Crippen LogP) is 4.13. The van der Waals surface area contributed by atoms with E-state index in [1.165, 1.54) is 23.2 Å². The summed E-state index contributed by atoms with van der Waals surface area (Å²) < 4.78 is 7.17. The molecular weight excluding hydrogens is 358 g/mol. The molecule has 4 heteroatoms. The fourth-order valence-electron chi connectivity index (χ4n) is 4.03. The Labute approximate surface area is 165 Å². The van der Waals surface area contributed by atoms with Crippen LogP contribution in [0.4, 0.5) is 0 Å². The molecule has 0 saturated carbocycles. The minimum atomic E-state index is -2.40. The van der Waals surface area contributed by atoms with Crippen molar-refractivity contribution in [2.45, 2.75) is 51.2 Å². The van der Waals surface area contributed by atoms with Gasteiger partial charge in [0.05, 0.1) is 6.10 Å². The van der Waals surface area contributed by atoms with E-state index >= 15 is 0 Å². The van der Waals surface area contributed by atoms with Gasteiger partial charge in [0.25, 0.3) is 8.32 Å². The number of halogens is 1. The highest BCUT2D eigenvalue weighted by atomic mass is 35.5. The molecule has 1 atom stereocenters. The molecule has 2 aromatic rings. The van der Waals surface area contributed by atoms with Gasteiger partial charge in [0, 0.05) is 6.54 Å². The van der Waals surface area contributed by atoms with Crippen molar-refractivity contribution in [1.82, 2.24) is 5.32 Å². The van der Waals surface area contributed by atoms with E-state index in [1.807, 2.05) is 0 Å². The maximum atomic E-state index is 7.17. The molecular formula is C22H32ClNOSi. The highest BCUT2D eigenvalue weighted by molar-refractivity contribution is 6.99. The fourth-order valence-corrected chi connectivity index (χ4v) is 8.75. The third-order valence-electron chi connectivity index (χ3n) is 5.26. The van der Waals surface area contributed by atoms with Gasteiger partial charge in [-0.3, -0.25) is 0 Å². The van der Waals surface area contributed by atoms with Crippen LogP contribution in [0.25, 0.3) is 0 Å². The van der Waals surface area contributed by atoms with E-state index in [1.54, 1.807) is 0 Å². The van der Waals surface area contributed by atoms with Crippen LogP contribution in [-0.2, 0) is 4.43 Å². The van der Waals surface area contributed by atoms with E-state index in [-0.39, 0.29) is 23.5 Å². The minimum absolute atomic E-state index is 0. The Morgan fingerprint density at radius 3 is 1.92 bits per heavy atom. The normalized spacial score (nSPS) is 18.7. The Balaban J connectivity index is 0.00000243. The average molecular weight is 390 g/mol. The first-order chi connectivity index (χ1) is 12.0. The molecule has 0 radical (unpaired) electrons. The Kier molecular flexibility index (Phi) is 7.48. The van der Waals surface area contributed by atoms with Crippen molar-refractivity contribution in [2.75, 3.05) is 13.1 Å². The lowest BCUT2D eigenvalue weighted by atomic mass is 10.2. The van der Waals surface area contributed by atoms with Crippen molar-refractivity contribution in [3.8, 4) is 0 Å². The monoisotopic (exact) mass is 389 g/mol. The van der Waals surface area contributed by atoms with E-state index in [4.69, 9.17) is 4.43 Å². The van der Waals surface area contributed by atoms with Gasteiger partial charge < -0.3 is 9.74 Å². The Hall–Kier alpha value is -1.13. The topological polar surface area (TPSA) is 21.3 Å². The van der Waals surface area contributed by atoms with Crippen LogP contribution < -0.4 is 15.7 Å². The molecule has 0 aliphatic carbocycles. The van der Waals surface area contributed by atoms with Crippen molar-refractivity contribution >= 4 is 31.1 Å². The van der Waals surface area contributed by atoms with Crippen LogP contribution in [-0.4, -0.2) is 27.5 Å². The van der Waals surface area contributed by atoms with Gasteiger partial charge in [-0.1, -0.05) is 81.4 Å². The molecule has 0 aromatic heterocycles. The van der Waals surface area contributed by atoms with E-state index in [9.17, 15) is 0 Å². The molecule has 1 saturated heterocycles. The maximum Gasteiger partial charge on any atom is 0.261 e. The van der Waals surface area contributed by atoms with Crippen molar-refractivity contribution in [2.24, 2.45) is 0 Å². The molecule has 1 aliphatic rings. The van der Waals surface area contributed by atoms with Crippen LogP contribution in [0, 0.1) is 0 Å². The molecule has 0 spiro atoms. The number of benzene rings is 2. The quantitative estimate of drug-likeness (QED) is 0.794. The zero-order valence-corrected chi connectivity index (χ0v) is 18.0. The van der Waals surface area contributed by atoms with Crippen LogP contribution >= 0.6 is 12.4 Å². The molecule has 0 amide bonds. The molecule has 2 nitrogen and oxygen atoms in total. The first-order valence-corrected chi connectivity index (χ1v) is 11.4. The lowest BCUT2D eigenvalue weighted by Gasteiger charge is -2.45. The summed E-state index contributed by atoms with van der Waals surface area (Å²) >= 11 is 0. The fraction of sp³-hybridized carbons (Fsp3) is 0.455. The van der Waals surface area contributed by atoms with Gasteiger partial charge in [-0.25, -0.2) is 0 Å². The van der Waals surface area contributed by atoms with Gasteiger partial charge in [0.1, 0.15) is 0 Å². The first-order valence-electron chi connectivity index (χ1n) is 9.53. The van der Waals surface area contributed by atoms with Gasteiger partial charge in [-0.05, 0) is 41.2 Å². The zero-order chi connectivity index (χ0) is 17.8. The molecule has 1 aliphatic heterocycles. The van der Waals surface area contributed by atoms with Crippen LogP contribution in [0.1, 0.15) is 40.0 Å². The Morgan fingerprint density at radius 2 is 1.42 bits per heavy atom. The lowest BCUT2D eigenvalue weighted by Crippen LogP contribution is -2.68. The first kappa shape index (κ1) is 21.2. The number of hydrogen-bond acceptors (Lipinski definition) is 2.